The highest BCUT2D eigenvalue weighted by Gasteiger charge is 2.18. The zero-order valence-electron chi connectivity index (χ0n) is 19.6. The molecule has 0 fully saturated rings. The molecule has 2 aliphatic carbocycles. The van der Waals surface area contributed by atoms with Crippen molar-refractivity contribution in [3.8, 4) is 39.9 Å². The van der Waals surface area contributed by atoms with Crippen molar-refractivity contribution in [3.63, 3.8) is 0 Å². The maximum atomic E-state index is 10.7. The standard InChI is InChI=1S/C30H29N3O/c1-19-10-15-26(27(34)16-19)30-32-28(24-13-11-20-6-2-4-8-22(20)17-24)31-29(33-30)25-14-12-21-7-3-5-9-23(21)18-25/h10-18,34H,2-9H2,1H3. The number of phenols is 1. The first kappa shape index (κ1) is 21.0. The Kier molecular flexibility index (Phi) is 5.37. The molecule has 0 saturated heterocycles. The molecule has 4 heteroatoms. The number of hydrogen-bond donors (Lipinski definition) is 1. The third kappa shape index (κ3) is 3.98. The summed E-state index contributed by atoms with van der Waals surface area (Å²) in [5.41, 5.74) is 9.33. The van der Waals surface area contributed by atoms with Crippen LogP contribution in [0.1, 0.15) is 53.5 Å². The number of aromatic nitrogens is 3. The predicted molar refractivity (Wildman–Crippen MR) is 136 cm³/mol. The van der Waals surface area contributed by atoms with Gasteiger partial charge in [-0.1, -0.05) is 30.3 Å². The summed E-state index contributed by atoms with van der Waals surface area (Å²) < 4.78 is 0. The molecule has 4 aromatic rings. The van der Waals surface area contributed by atoms with Crippen LogP contribution in [0.2, 0.25) is 0 Å². The average Bonchev–Trinajstić information content (AvgIpc) is 2.88. The topological polar surface area (TPSA) is 58.9 Å². The molecular weight excluding hydrogens is 418 g/mol. The van der Waals surface area contributed by atoms with E-state index in [1.807, 2.05) is 19.1 Å². The molecule has 1 aromatic heterocycles. The molecule has 1 N–H and O–H groups in total. The van der Waals surface area contributed by atoms with E-state index in [0.717, 1.165) is 42.4 Å². The average molecular weight is 448 g/mol. The van der Waals surface area contributed by atoms with E-state index in [-0.39, 0.29) is 5.75 Å². The Morgan fingerprint density at radius 3 is 1.59 bits per heavy atom. The second-order valence-corrected chi connectivity index (χ2v) is 9.71. The Balaban J connectivity index is 1.51. The lowest BCUT2D eigenvalue weighted by atomic mass is 9.90. The molecule has 0 atom stereocenters. The van der Waals surface area contributed by atoms with Gasteiger partial charge in [0.25, 0.3) is 0 Å². The summed E-state index contributed by atoms with van der Waals surface area (Å²) in [6.07, 6.45) is 9.50. The lowest BCUT2D eigenvalue weighted by Crippen LogP contribution is -2.05. The van der Waals surface area contributed by atoms with E-state index in [4.69, 9.17) is 15.0 Å². The summed E-state index contributed by atoms with van der Waals surface area (Å²) in [7, 11) is 0. The van der Waals surface area contributed by atoms with Gasteiger partial charge in [0.2, 0.25) is 0 Å². The number of aromatic hydroxyl groups is 1. The molecule has 0 amide bonds. The van der Waals surface area contributed by atoms with Gasteiger partial charge in [0.05, 0.1) is 5.56 Å². The zero-order valence-corrected chi connectivity index (χ0v) is 19.6. The molecule has 3 aromatic carbocycles. The molecule has 0 spiro atoms. The first-order valence-corrected chi connectivity index (χ1v) is 12.4. The van der Waals surface area contributed by atoms with E-state index in [2.05, 4.69) is 36.4 Å². The number of fused-ring (bicyclic) bond motifs is 2. The van der Waals surface area contributed by atoms with Gasteiger partial charge < -0.3 is 5.11 Å². The number of hydrogen-bond acceptors (Lipinski definition) is 4. The van der Waals surface area contributed by atoms with Crippen LogP contribution in [0.4, 0.5) is 0 Å². The van der Waals surface area contributed by atoms with Gasteiger partial charge in [-0.15, -0.1) is 0 Å². The Hall–Kier alpha value is -3.53. The zero-order chi connectivity index (χ0) is 23.1. The molecule has 170 valence electrons. The Morgan fingerprint density at radius 1 is 0.559 bits per heavy atom. The van der Waals surface area contributed by atoms with Crippen LogP contribution >= 0.6 is 0 Å². The quantitative estimate of drug-likeness (QED) is 0.382. The first-order chi connectivity index (χ1) is 16.6. The highest BCUT2D eigenvalue weighted by molar-refractivity contribution is 5.70. The van der Waals surface area contributed by atoms with E-state index >= 15 is 0 Å². The number of benzene rings is 3. The summed E-state index contributed by atoms with van der Waals surface area (Å²) in [5.74, 6) is 2.02. The SMILES string of the molecule is Cc1ccc(-c2nc(-c3ccc4c(c3)CCCC4)nc(-c3ccc4c(c3)CCCC4)n2)c(O)c1. The van der Waals surface area contributed by atoms with Crippen molar-refractivity contribution in [3.05, 3.63) is 82.4 Å². The normalized spacial score (nSPS) is 15.0. The number of nitrogens with zero attached hydrogens (tertiary/aromatic N) is 3. The molecule has 1 heterocycles. The monoisotopic (exact) mass is 447 g/mol. The Morgan fingerprint density at radius 2 is 1.06 bits per heavy atom. The number of aryl methyl sites for hydroxylation is 5. The van der Waals surface area contributed by atoms with Crippen molar-refractivity contribution < 1.29 is 5.11 Å². The van der Waals surface area contributed by atoms with Crippen LogP contribution in [0, 0.1) is 6.92 Å². The Bertz CT molecular complexity index is 1310. The summed E-state index contributed by atoms with van der Waals surface area (Å²) in [4.78, 5) is 14.6. The highest BCUT2D eigenvalue weighted by Crippen LogP contribution is 2.33. The van der Waals surface area contributed by atoms with Gasteiger partial charge in [0.1, 0.15) is 5.75 Å². The fourth-order valence-electron chi connectivity index (χ4n) is 5.33. The highest BCUT2D eigenvalue weighted by atomic mass is 16.3. The fourth-order valence-corrected chi connectivity index (χ4v) is 5.33. The molecule has 0 unspecified atom stereocenters. The van der Waals surface area contributed by atoms with Crippen LogP contribution in [0.15, 0.2) is 54.6 Å². The van der Waals surface area contributed by atoms with Gasteiger partial charge in [0.15, 0.2) is 17.5 Å². The minimum Gasteiger partial charge on any atom is -0.507 e. The molecule has 0 aliphatic heterocycles. The van der Waals surface area contributed by atoms with E-state index in [9.17, 15) is 5.11 Å². The van der Waals surface area contributed by atoms with Crippen LogP contribution in [0.3, 0.4) is 0 Å². The van der Waals surface area contributed by atoms with Crippen molar-refractivity contribution >= 4 is 0 Å². The van der Waals surface area contributed by atoms with Gasteiger partial charge in [-0.05, 0) is 110 Å². The molecule has 0 saturated carbocycles. The van der Waals surface area contributed by atoms with Gasteiger partial charge >= 0.3 is 0 Å². The first-order valence-electron chi connectivity index (χ1n) is 12.4. The lowest BCUT2D eigenvalue weighted by molar-refractivity contribution is 0.476. The molecule has 4 nitrogen and oxygen atoms in total. The molecule has 0 bridgehead atoms. The van der Waals surface area contributed by atoms with Crippen LogP contribution in [0.5, 0.6) is 5.75 Å². The van der Waals surface area contributed by atoms with E-state index in [0.29, 0.717) is 23.0 Å². The number of phenolic OH excluding ortho intramolecular Hbond substituents is 1. The van der Waals surface area contributed by atoms with Crippen molar-refractivity contribution in [1.82, 2.24) is 15.0 Å². The van der Waals surface area contributed by atoms with E-state index in [1.165, 1.54) is 47.9 Å². The Labute approximate surface area is 200 Å². The van der Waals surface area contributed by atoms with Crippen LogP contribution < -0.4 is 0 Å². The summed E-state index contributed by atoms with van der Waals surface area (Å²) in [6.45, 7) is 1.97. The molecular formula is C30H29N3O. The molecule has 6 rings (SSSR count). The van der Waals surface area contributed by atoms with Crippen molar-refractivity contribution in [2.45, 2.75) is 58.3 Å². The predicted octanol–water partition coefficient (Wildman–Crippen LogP) is 6.64. The maximum Gasteiger partial charge on any atom is 0.167 e. The van der Waals surface area contributed by atoms with Crippen molar-refractivity contribution in [2.24, 2.45) is 0 Å². The molecule has 2 aliphatic rings. The van der Waals surface area contributed by atoms with Crippen molar-refractivity contribution in [1.29, 1.82) is 0 Å². The number of rotatable bonds is 3. The van der Waals surface area contributed by atoms with Crippen molar-refractivity contribution in [2.75, 3.05) is 0 Å². The van der Waals surface area contributed by atoms with Crippen LogP contribution in [-0.4, -0.2) is 20.1 Å². The van der Waals surface area contributed by atoms with Gasteiger partial charge in [0, 0.05) is 11.1 Å². The third-order valence-electron chi connectivity index (χ3n) is 7.24. The molecule has 34 heavy (non-hydrogen) atoms. The largest absolute Gasteiger partial charge is 0.507 e. The minimum atomic E-state index is 0.194. The second-order valence-electron chi connectivity index (χ2n) is 9.71. The second kappa shape index (κ2) is 8.68. The van der Waals surface area contributed by atoms with Crippen LogP contribution in [-0.2, 0) is 25.7 Å². The van der Waals surface area contributed by atoms with E-state index in [1.54, 1.807) is 6.07 Å². The maximum absolute atomic E-state index is 10.7. The summed E-state index contributed by atoms with van der Waals surface area (Å²) >= 11 is 0. The summed E-state index contributed by atoms with van der Waals surface area (Å²) in [5, 5.41) is 10.7. The lowest BCUT2D eigenvalue weighted by Gasteiger charge is -2.17. The third-order valence-corrected chi connectivity index (χ3v) is 7.24. The summed E-state index contributed by atoms with van der Waals surface area (Å²) in [6, 6.07) is 18.9. The van der Waals surface area contributed by atoms with Crippen LogP contribution in [0.25, 0.3) is 34.2 Å². The fraction of sp³-hybridized carbons (Fsp3) is 0.300. The smallest absolute Gasteiger partial charge is 0.167 e. The van der Waals surface area contributed by atoms with E-state index < -0.39 is 0 Å². The van der Waals surface area contributed by atoms with Gasteiger partial charge in [-0.25, -0.2) is 15.0 Å². The molecule has 0 radical (unpaired) electrons. The van der Waals surface area contributed by atoms with Gasteiger partial charge in [-0.2, -0.15) is 0 Å². The minimum absolute atomic E-state index is 0.194. The van der Waals surface area contributed by atoms with Gasteiger partial charge in [-0.3, -0.25) is 0 Å².